The highest BCUT2D eigenvalue weighted by atomic mass is 16.8. The van der Waals surface area contributed by atoms with Crippen molar-refractivity contribution in [2.45, 2.75) is 32.0 Å². The number of nitrogens with one attached hydrogen (secondary N) is 2. The lowest BCUT2D eigenvalue weighted by Gasteiger charge is -2.21. The summed E-state index contributed by atoms with van der Waals surface area (Å²) in [6, 6.07) is 13.1. The molecular weight excluding hydrogens is 410 g/mol. The van der Waals surface area contributed by atoms with E-state index >= 15 is 0 Å². The lowest BCUT2D eigenvalue weighted by molar-refractivity contribution is -0.198. The van der Waals surface area contributed by atoms with Crippen LogP contribution in [0.3, 0.4) is 0 Å². The van der Waals surface area contributed by atoms with Crippen molar-refractivity contribution in [3.63, 3.8) is 0 Å². The molecule has 32 heavy (non-hydrogen) atoms. The summed E-state index contributed by atoms with van der Waals surface area (Å²) in [7, 11) is 1.36. The molecular formula is C24H25N3O5. The number of benzene rings is 2. The number of fused-ring (bicyclic) bond motifs is 1. The van der Waals surface area contributed by atoms with E-state index in [1.807, 2.05) is 24.3 Å². The molecule has 3 aromatic rings. The summed E-state index contributed by atoms with van der Waals surface area (Å²) in [6.07, 6.45) is 6.23. The Morgan fingerprint density at radius 1 is 1.22 bits per heavy atom. The van der Waals surface area contributed by atoms with Crippen molar-refractivity contribution in [1.82, 2.24) is 15.4 Å². The molecule has 0 aliphatic carbocycles. The molecule has 0 saturated carbocycles. The third-order valence-corrected chi connectivity index (χ3v) is 5.16. The van der Waals surface area contributed by atoms with E-state index in [0.29, 0.717) is 18.6 Å². The quantitative estimate of drug-likeness (QED) is 0.334. The number of aromatic amines is 1. The molecule has 1 aliphatic rings. The van der Waals surface area contributed by atoms with Gasteiger partial charge in [0.25, 0.3) is 5.91 Å². The SMILES string of the molecule is COC(=O)c1ccc2nc(Cc3ccc(/C=C/C(=O)NOC4CCCCO4)cc3)[nH]c2c1. The van der Waals surface area contributed by atoms with Gasteiger partial charge in [-0.05, 0) is 48.2 Å². The number of aromatic nitrogens is 2. The molecule has 0 bridgehead atoms. The smallest absolute Gasteiger partial charge is 0.337 e. The Balaban J connectivity index is 1.32. The first-order valence-electron chi connectivity index (χ1n) is 10.5. The maximum atomic E-state index is 11.9. The predicted molar refractivity (Wildman–Crippen MR) is 119 cm³/mol. The van der Waals surface area contributed by atoms with E-state index < -0.39 is 0 Å². The van der Waals surface area contributed by atoms with E-state index in [1.54, 1.807) is 24.3 Å². The number of imidazole rings is 1. The van der Waals surface area contributed by atoms with Gasteiger partial charge in [0.15, 0.2) is 6.29 Å². The van der Waals surface area contributed by atoms with Gasteiger partial charge in [-0.2, -0.15) is 0 Å². The molecule has 0 spiro atoms. The zero-order chi connectivity index (χ0) is 22.3. The number of methoxy groups -OCH3 is 1. The molecule has 166 valence electrons. The molecule has 1 aliphatic heterocycles. The number of carbonyl (C=O) groups is 2. The normalized spacial score (nSPS) is 16.3. The van der Waals surface area contributed by atoms with Crippen molar-refractivity contribution in [3.8, 4) is 0 Å². The largest absolute Gasteiger partial charge is 0.465 e. The maximum Gasteiger partial charge on any atom is 0.337 e. The molecule has 0 radical (unpaired) electrons. The summed E-state index contributed by atoms with van der Waals surface area (Å²) in [6.45, 7) is 0.658. The Bertz CT molecular complexity index is 1110. The van der Waals surface area contributed by atoms with Gasteiger partial charge in [-0.15, -0.1) is 0 Å². The monoisotopic (exact) mass is 435 g/mol. The average Bonchev–Trinajstić information content (AvgIpc) is 3.24. The molecule has 4 rings (SSSR count). The van der Waals surface area contributed by atoms with E-state index in [2.05, 4.69) is 15.4 Å². The minimum atomic E-state index is -0.380. The lowest BCUT2D eigenvalue weighted by atomic mass is 10.1. The highest BCUT2D eigenvalue weighted by molar-refractivity contribution is 5.93. The van der Waals surface area contributed by atoms with Gasteiger partial charge in [-0.1, -0.05) is 24.3 Å². The minimum absolute atomic E-state index is 0.336. The number of H-pyrrole nitrogens is 1. The van der Waals surface area contributed by atoms with Crippen LogP contribution in [-0.4, -0.2) is 41.9 Å². The molecule has 2 aromatic carbocycles. The van der Waals surface area contributed by atoms with Gasteiger partial charge in [-0.3, -0.25) is 4.79 Å². The first-order valence-corrected chi connectivity index (χ1v) is 10.5. The van der Waals surface area contributed by atoms with Crippen molar-refractivity contribution in [2.24, 2.45) is 0 Å². The van der Waals surface area contributed by atoms with E-state index in [-0.39, 0.29) is 18.2 Å². The summed E-state index contributed by atoms with van der Waals surface area (Å²) in [5.74, 6) is 0.0814. The maximum absolute atomic E-state index is 11.9. The zero-order valence-corrected chi connectivity index (χ0v) is 17.8. The van der Waals surface area contributed by atoms with E-state index in [4.69, 9.17) is 14.3 Å². The summed E-state index contributed by atoms with van der Waals surface area (Å²) in [5, 5.41) is 0. The second-order valence-corrected chi connectivity index (χ2v) is 7.54. The number of ether oxygens (including phenoxy) is 2. The van der Waals surface area contributed by atoms with Crippen LogP contribution in [-0.2, 0) is 25.5 Å². The van der Waals surface area contributed by atoms with Gasteiger partial charge in [0.1, 0.15) is 5.82 Å². The van der Waals surface area contributed by atoms with Crippen LogP contribution in [0.15, 0.2) is 48.5 Å². The number of carbonyl (C=O) groups excluding carboxylic acids is 2. The Kier molecular flexibility index (Phi) is 6.94. The second kappa shape index (κ2) is 10.2. The fraction of sp³-hybridized carbons (Fsp3) is 0.292. The Morgan fingerprint density at radius 2 is 2.06 bits per heavy atom. The first kappa shape index (κ1) is 21.7. The molecule has 8 heteroatoms. The number of nitrogens with zero attached hydrogens (tertiary/aromatic N) is 1. The molecule has 1 amide bonds. The summed E-state index contributed by atoms with van der Waals surface area (Å²) >= 11 is 0. The van der Waals surface area contributed by atoms with E-state index in [1.165, 1.54) is 13.2 Å². The number of rotatable bonds is 7. The summed E-state index contributed by atoms with van der Waals surface area (Å²) < 4.78 is 10.2. The highest BCUT2D eigenvalue weighted by Gasteiger charge is 2.15. The third-order valence-electron chi connectivity index (χ3n) is 5.16. The Morgan fingerprint density at radius 3 is 2.81 bits per heavy atom. The first-order chi connectivity index (χ1) is 15.6. The number of hydroxylamine groups is 1. The molecule has 1 saturated heterocycles. The molecule has 8 nitrogen and oxygen atoms in total. The molecule has 2 heterocycles. The van der Waals surface area contributed by atoms with Crippen LogP contribution in [0.4, 0.5) is 0 Å². The number of esters is 1. The van der Waals surface area contributed by atoms with Crippen LogP contribution >= 0.6 is 0 Å². The average molecular weight is 435 g/mol. The number of amides is 1. The van der Waals surface area contributed by atoms with Crippen LogP contribution in [0.2, 0.25) is 0 Å². The van der Waals surface area contributed by atoms with Gasteiger partial charge >= 0.3 is 5.97 Å². The standard InChI is InChI=1S/C24H25N3O5/c1-30-24(29)18-10-11-19-20(15-18)26-21(25-19)14-17-7-5-16(6-8-17)9-12-22(28)27-32-23-4-2-3-13-31-23/h5-12,15,23H,2-4,13-14H2,1H3,(H,25,26)(H,27,28)/b12-9+. The van der Waals surface area contributed by atoms with Crippen molar-refractivity contribution < 1.29 is 23.9 Å². The van der Waals surface area contributed by atoms with Crippen LogP contribution < -0.4 is 5.48 Å². The number of hydrogen-bond acceptors (Lipinski definition) is 6. The van der Waals surface area contributed by atoms with Crippen molar-refractivity contribution in [3.05, 3.63) is 71.1 Å². The minimum Gasteiger partial charge on any atom is -0.465 e. The van der Waals surface area contributed by atoms with Crippen molar-refractivity contribution >= 4 is 29.0 Å². The zero-order valence-electron chi connectivity index (χ0n) is 17.8. The van der Waals surface area contributed by atoms with Gasteiger partial charge in [0.05, 0.1) is 23.7 Å². The van der Waals surface area contributed by atoms with Crippen LogP contribution in [0.1, 0.15) is 46.6 Å². The summed E-state index contributed by atoms with van der Waals surface area (Å²) in [4.78, 5) is 36.7. The molecule has 1 atom stereocenters. The van der Waals surface area contributed by atoms with Crippen molar-refractivity contribution in [1.29, 1.82) is 0 Å². The Labute approximate surface area is 185 Å². The van der Waals surface area contributed by atoms with Gasteiger partial charge in [-0.25, -0.2) is 20.1 Å². The van der Waals surface area contributed by atoms with Crippen molar-refractivity contribution in [2.75, 3.05) is 13.7 Å². The van der Waals surface area contributed by atoms with Crippen LogP contribution in [0.5, 0.6) is 0 Å². The second-order valence-electron chi connectivity index (χ2n) is 7.54. The summed E-state index contributed by atoms with van der Waals surface area (Å²) in [5.41, 5.74) is 6.42. The molecule has 1 aromatic heterocycles. The van der Waals surface area contributed by atoms with Crippen LogP contribution in [0, 0.1) is 0 Å². The highest BCUT2D eigenvalue weighted by Crippen LogP contribution is 2.17. The van der Waals surface area contributed by atoms with Gasteiger partial charge in [0, 0.05) is 25.5 Å². The van der Waals surface area contributed by atoms with Gasteiger partial charge < -0.3 is 14.5 Å². The van der Waals surface area contributed by atoms with E-state index in [0.717, 1.165) is 47.2 Å². The fourth-order valence-corrected chi connectivity index (χ4v) is 3.46. The predicted octanol–water partition coefficient (Wildman–Crippen LogP) is 3.53. The third kappa shape index (κ3) is 5.60. The molecule has 2 N–H and O–H groups in total. The molecule has 1 unspecified atom stereocenters. The molecule has 1 fully saturated rings. The lowest BCUT2D eigenvalue weighted by Crippen LogP contribution is -2.32. The number of hydrogen-bond donors (Lipinski definition) is 2. The van der Waals surface area contributed by atoms with Crippen LogP contribution in [0.25, 0.3) is 17.1 Å². The van der Waals surface area contributed by atoms with E-state index in [9.17, 15) is 9.59 Å². The van der Waals surface area contributed by atoms with Gasteiger partial charge in [0.2, 0.25) is 0 Å². The fourth-order valence-electron chi connectivity index (χ4n) is 3.46. The topological polar surface area (TPSA) is 103 Å². The Hall–Kier alpha value is -3.49.